The van der Waals surface area contributed by atoms with Gasteiger partial charge in [0, 0.05) is 18.5 Å². The van der Waals surface area contributed by atoms with Gasteiger partial charge in [-0.15, -0.1) is 11.3 Å². The van der Waals surface area contributed by atoms with Crippen LogP contribution in [0.5, 0.6) is 0 Å². The van der Waals surface area contributed by atoms with Crippen LogP contribution in [0.2, 0.25) is 0 Å². The van der Waals surface area contributed by atoms with Gasteiger partial charge >= 0.3 is 0 Å². The van der Waals surface area contributed by atoms with E-state index in [0.717, 1.165) is 42.6 Å². The highest BCUT2D eigenvalue weighted by Gasteiger charge is 2.20. The van der Waals surface area contributed by atoms with Gasteiger partial charge in [0.25, 0.3) is 5.56 Å². The number of nitrogens with zero attached hydrogens (tertiary/aromatic N) is 3. The van der Waals surface area contributed by atoms with E-state index in [9.17, 15) is 4.79 Å². The predicted octanol–water partition coefficient (Wildman–Crippen LogP) is 2.24. The minimum Gasteiger partial charge on any atom is -0.355 e. The molecule has 0 atom stereocenters. The topological polar surface area (TPSA) is 50.2 Å². The Labute approximate surface area is 135 Å². The van der Waals surface area contributed by atoms with E-state index in [2.05, 4.69) is 24.3 Å². The summed E-state index contributed by atoms with van der Waals surface area (Å²) in [5.74, 6) is 0.690. The van der Waals surface area contributed by atoms with E-state index in [1.54, 1.807) is 15.9 Å². The Morgan fingerprint density at radius 3 is 2.86 bits per heavy atom. The second kappa shape index (κ2) is 6.38. The van der Waals surface area contributed by atoms with E-state index in [1.165, 1.54) is 23.3 Å². The molecular formula is C16H24N4OS. The molecule has 0 radical (unpaired) electrons. The van der Waals surface area contributed by atoms with Crippen molar-refractivity contribution in [2.24, 2.45) is 7.05 Å². The van der Waals surface area contributed by atoms with Crippen molar-refractivity contribution in [1.82, 2.24) is 14.5 Å². The van der Waals surface area contributed by atoms with Crippen molar-refractivity contribution < 1.29 is 0 Å². The van der Waals surface area contributed by atoms with Crippen molar-refractivity contribution in [3.8, 4) is 0 Å². The summed E-state index contributed by atoms with van der Waals surface area (Å²) in [5.41, 5.74) is 1.36. The second-order valence-corrected chi connectivity index (χ2v) is 7.36. The summed E-state index contributed by atoms with van der Waals surface area (Å²) in [6.07, 6.45) is 5.58. The van der Waals surface area contributed by atoms with Crippen LogP contribution in [0, 0.1) is 0 Å². The molecule has 0 unspecified atom stereocenters. The molecule has 1 aliphatic rings. The van der Waals surface area contributed by atoms with Gasteiger partial charge in [0.15, 0.2) is 0 Å². The van der Waals surface area contributed by atoms with Crippen LogP contribution in [-0.2, 0) is 19.9 Å². The Bertz CT molecular complexity index is 732. The number of aryl methyl sites for hydroxylation is 2. The number of rotatable bonds is 5. The molecule has 0 fully saturated rings. The van der Waals surface area contributed by atoms with Crippen molar-refractivity contribution in [2.45, 2.75) is 32.1 Å². The molecule has 0 amide bonds. The van der Waals surface area contributed by atoms with Gasteiger partial charge in [-0.05, 0) is 58.3 Å². The fourth-order valence-electron chi connectivity index (χ4n) is 3.04. The van der Waals surface area contributed by atoms with E-state index >= 15 is 0 Å². The Kier molecular flexibility index (Phi) is 4.49. The third-order valence-corrected chi connectivity index (χ3v) is 5.45. The molecule has 3 rings (SSSR count). The zero-order valence-electron chi connectivity index (χ0n) is 13.6. The molecule has 0 aliphatic heterocycles. The standard InChI is InChI=1S/C16H24N4OS/c1-19(2)10-6-9-17-16-18-14-13(15(21)20(16)3)11-7-4-5-8-12(11)22-14/h4-10H2,1-3H3,(H,17,18). The zero-order valence-corrected chi connectivity index (χ0v) is 14.4. The van der Waals surface area contributed by atoms with E-state index in [-0.39, 0.29) is 5.56 Å². The Hall–Kier alpha value is -1.40. The van der Waals surface area contributed by atoms with Gasteiger partial charge < -0.3 is 10.2 Å². The molecule has 0 saturated carbocycles. The van der Waals surface area contributed by atoms with Gasteiger partial charge in [-0.2, -0.15) is 0 Å². The van der Waals surface area contributed by atoms with Gasteiger partial charge in [0.05, 0.1) is 5.39 Å². The lowest BCUT2D eigenvalue weighted by Crippen LogP contribution is -2.24. The quantitative estimate of drug-likeness (QED) is 0.859. The highest BCUT2D eigenvalue weighted by Crippen LogP contribution is 2.34. The third-order valence-electron chi connectivity index (χ3n) is 4.26. The molecule has 2 heterocycles. The molecule has 1 N–H and O–H groups in total. The largest absolute Gasteiger partial charge is 0.355 e. The summed E-state index contributed by atoms with van der Waals surface area (Å²) < 4.78 is 1.67. The SMILES string of the molecule is CN(C)CCCNc1nc2sc3c(c2c(=O)n1C)CCCC3. The van der Waals surface area contributed by atoms with Crippen LogP contribution in [0.1, 0.15) is 29.7 Å². The van der Waals surface area contributed by atoms with E-state index < -0.39 is 0 Å². The first kappa shape index (κ1) is 15.5. The summed E-state index contributed by atoms with van der Waals surface area (Å²) in [5, 5.41) is 4.18. The third kappa shape index (κ3) is 2.90. The number of hydrogen-bond donors (Lipinski definition) is 1. The molecule has 0 spiro atoms. The summed E-state index contributed by atoms with van der Waals surface area (Å²) in [6.45, 7) is 1.85. The maximum atomic E-state index is 12.7. The number of anilines is 1. The van der Waals surface area contributed by atoms with Crippen LogP contribution in [-0.4, -0.2) is 41.6 Å². The first-order valence-corrected chi connectivity index (χ1v) is 8.79. The predicted molar refractivity (Wildman–Crippen MR) is 93.2 cm³/mol. The first-order chi connectivity index (χ1) is 10.6. The Balaban J connectivity index is 1.89. The average Bonchev–Trinajstić information content (AvgIpc) is 2.86. The second-order valence-electron chi connectivity index (χ2n) is 6.27. The van der Waals surface area contributed by atoms with Gasteiger partial charge in [-0.3, -0.25) is 9.36 Å². The molecule has 22 heavy (non-hydrogen) atoms. The Morgan fingerprint density at radius 1 is 1.32 bits per heavy atom. The fraction of sp³-hybridized carbons (Fsp3) is 0.625. The number of thiophene rings is 1. The van der Waals surface area contributed by atoms with Gasteiger partial charge in [0.2, 0.25) is 5.95 Å². The molecule has 2 aromatic heterocycles. The molecule has 120 valence electrons. The smallest absolute Gasteiger partial charge is 0.263 e. The summed E-state index contributed by atoms with van der Waals surface area (Å²) >= 11 is 1.71. The fourth-order valence-corrected chi connectivity index (χ4v) is 4.29. The maximum Gasteiger partial charge on any atom is 0.263 e. The lowest BCUT2D eigenvalue weighted by molar-refractivity contribution is 0.405. The summed E-state index contributed by atoms with van der Waals surface area (Å²) in [4.78, 5) is 21.9. The molecule has 6 heteroatoms. The van der Waals surface area contributed by atoms with Crippen LogP contribution >= 0.6 is 11.3 Å². The van der Waals surface area contributed by atoms with Crippen LogP contribution < -0.4 is 10.9 Å². The van der Waals surface area contributed by atoms with E-state index in [1.807, 2.05) is 7.05 Å². The van der Waals surface area contributed by atoms with Crippen LogP contribution in [0.15, 0.2) is 4.79 Å². The summed E-state index contributed by atoms with van der Waals surface area (Å²) in [7, 11) is 5.95. The van der Waals surface area contributed by atoms with Crippen LogP contribution in [0.3, 0.4) is 0 Å². The minimum absolute atomic E-state index is 0.0968. The van der Waals surface area contributed by atoms with Crippen molar-refractivity contribution >= 4 is 27.5 Å². The van der Waals surface area contributed by atoms with Crippen molar-refractivity contribution in [1.29, 1.82) is 0 Å². The average molecular weight is 320 g/mol. The normalized spacial score (nSPS) is 14.5. The van der Waals surface area contributed by atoms with Crippen LogP contribution in [0.4, 0.5) is 5.95 Å². The number of aromatic nitrogens is 2. The Morgan fingerprint density at radius 2 is 2.09 bits per heavy atom. The number of nitrogens with one attached hydrogen (secondary N) is 1. The van der Waals surface area contributed by atoms with E-state index in [4.69, 9.17) is 4.98 Å². The molecular weight excluding hydrogens is 296 g/mol. The molecule has 2 aromatic rings. The summed E-state index contributed by atoms with van der Waals surface area (Å²) in [6, 6.07) is 0. The van der Waals surface area contributed by atoms with Crippen molar-refractivity contribution in [2.75, 3.05) is 32.5 Å². The van der Waals surface area contributed by atoms with Gasteiger partial charge in [-0.1, -0.05) is 0 Å². The highest BCUT2D eigenvalue weighted by atomic mass is 32.1. The number of hydrogen-bond acceptors (Lipinski definition) is 5. The molecule has 0 bridgehead atoms. The van der Waals surface area contributed by atoms with Crippen LogP contribution in [0.25, 0.3) is 10.2 Å². The minimum atomic E-state index is 0.0968. The van der Waals surface area contributed by atoms with Gasteiger partial charge in [0.1, 0.15) is 4.83 Å². The first-order valence-electron chi connectivity index (χ1n) is 7.98. The maximum absolute atomic E-state index is 12.7. The lowest BCUT2D eigenvalue weighted by Gasteiger charge is -2.13. The number of fused-ring (bicyclic) bond motifs is 3. The highest BCUT2D eigenvalue weighted by molar-refractivity contribution is 7.18. The molecule has 1 aliphatic carbocycles. The van der Waals surface area contributed by atoms with E-state index in [0.29, 0.717) is 5.95 Å². The monoisotopic (exact) mass is 320 g/mol. The van der Waals surface area contributed by atoms with Crippen molar-refractivity contribution in [3.63, 3.8) is 0 Å². The molecule has 0 saturated heterocycles. The zero-order chi connectivity index (χ0) is 15.7. The molecule has 0 aromatic carbocycles. The lowest BCUT2D eigenvalue weighted by atomic mass is 9.97. The van der Waals surface area contributed by atoms with Crippen molar-refractivity contribution in [3.05, 3.63) is 20.8 Å². The molecule has 5 nitrogen and oxygen atoms in total. The van der Waals surface area contributed by atoms with Gasteiger partial charge in [-0.25, -0.2) is 4.98 Å².